The van der Waals surface area contributed by atoms with Crippen LogP contribution >= 0.6 is 27.7 Å². The summed E-state index contributed by atoms with van der Waals surface area (Å²) in [4.78, 5) is 11.4. The Morgan fingerprint density at radius 2 is 2.42 bits per heavy atom. The fraction of sp³-hybridized carbons (Fsp3) is 0.231. The molecular formula is C13H15BrN4S. The highest BCUT2D eigenvalue weighted by molar-refractivity contribution is 9.10. The van der Waals surface area contributed by atoms with Crippen LogP contribution in [0.5, 0.6) is 0 Å². The zero-order chi connectivity index (χ0) is 13.5. The summed E-state index contributed by atoms with van der Waals surface area (Å²) in [5.74, 6) is 1.04. The highest BCUT2D eigenvalue weighted by Crippen LogP contribution is 2.27. The number of H-pyrrole nitrogens is 1. The molecule has 0 bridgehead atoms. The lowest BCUT2D eigenvalue weighted by molar-refractivity contribution is 1.15. The zero-order valence-corrected chi connectivity index (χ0v) is 13.0. The Hall–Kier alpha value is -1.27. The largest absolute Gasteiger partial charge is 0.346 e. The Balaban J connectivity index is 2.01. The van der Waals surface area contributed by atoms with Crippen LogP contribution in [0.1, 0.15) is 0 Å². The number of hydrogen-bond donors (Lipinski definition) is 2. The van der Waals surface area contributed by atoms with Gasteiger partial charge < -0.3 is 10.3 Å². The van der Waals surface area contributed by atoms with Crippen LogP contribution in [0.2, 0.25) is 0 Å². The molecule has 0 aliphatic heterocycles. The Kier molecular flexibility index (Phi) is 5.47. The van der Waals surface area contributed by atoms with Crippen LogP contribution in [-0.2, 0) is 0 Å². The number of imidazole rings is 1. The molecule has 2 aromatic rings. The van der Waals surface area contributed by atoms with E-state index in [0.717, 1.165) is 33.7 Å². The van der Waals surface area contributed by atoms with E-state index in [1.54, 1.807) is 30.6 Å². The van der Waals surface area contributed by atoms with Gasteiger partial charge >= 0.3 is 0 Å². The molecule has 19 heavy (non-hydrogen) atoms. The third-order valence-electron chi connectivity index (χ3n) is 2.51. The van der Waals surface area contributed by atoms with E-state index in [2.05, 4.69) is 42.5 Å². The van der Waals surface area contributed by atoms with E-state index < -0.39 is 0 Å². The number of anilines is 1. The van der Waals surface area contributed by atoms with Crippen molar-refractivity contribution in [3.63, 3.8) is 0 Å². The summed E-state index contributed by atoms with van der Waals surface area (Å²) >= 11 is 5.34. The second-order valence-corrected chi connectivity index (χ2v) is 5.67. The molecule has 0 aliphatic rings. The van der Waals surface area contributed by atoms with Crippen LogP contribution in [0.15, 0.2) is 40.2 Å². The lowest BCUT2D eigenvalue weighted by Gasteiger charge is -2.05. The topological polar surface area (TPSA) is 53.1 Å². The quantitative estimate of drug-likeness (QED) is 0.480. The van der Waals surface area contributed by atoms with Gasteiger partial charge in [-0.25, -0.2) is 4.98 Å². The van der Waals surface area contributed by atoms with E-state index in [0.29, 0.717) is 0 Å². The maximum absolute atomic E-state index is 4.28. The number of nitrogens with one attached hydrogen (secondary N) is 2. The van der Waals surface area contributed by atoms with Gasteiger partial charge in [0.1, 0.15) is 0 Å². The maximum atomic E-state index is 4.28. The van der Waals surface area contributed by atoms with E-state index in [1.165, 1.54) is 0 Å². The minimum atomic E-state index is 0.831. The molecule has 0 saturated carbocycles. The first kappa shape index (κ1) is 14.1. The molecule has 0 unspecified atom stereocenters. The van der Waals surface area contributed by atoms with Crippen LogP contribution in [0, 0.1) is 0 Å². The first-order valence-electron chi connectivity index (χ1n) is 5.83. The van der Waals surface area contributed by atoms with Crippen molar-refractivity contribution < 1.29 is 0 Å². The Morgan fingerprint density at radius 3 is 3.11 bits per heavy atom. The number of aromatic amines is 1. The minimum Gasteiger partial charge on any atom is -0.346 e. The number of thioether (sulfide) groups is 1. The maximum Gasteiger partial charge on any atom is 0.0924 e. The van der Waals surface area contributed by atoms with Gasteiger partial charge in [0.05, 0.1) is 30.2 Å². The zero-order valence-electron chi connectivity index (χ0n) is 10.6. The number of halogens is 1. The van der Waals surface area contributed by atoms with Gasteiger partial charge in [-0.2, -0.15) is 11.8 Å². The van der Waals surface area contributed by atoms with E-state index in [1.807, 2.05) is 18.2 Å². The van der Waals surface area contributed by atoms with Gasteiger partial charge in [-0.1, -0.05) is 6.07 Å². The van der Waals surface area contributed by atoms with Gasteiger partial charge in [-0.15, -0.1) is 0 Å². The molecule has 6 heteroatoms. The van der Waals surface area contributed by atoms with Gasteiger partial charge in [-0.05, 0) is 34.3 Å². The highest BCUT2D eigenvalue weighted by atomic mass is 79.9. The van der Waals surface area contributed by atoms with Crippen molar-refractivity contribution >= 4 is 39.7 Å². The summed E-state index contributed by atoms with van der Waals surface area (Å²) in [6.07, 6.45) is 7.30. The molecule has 1 aromatic heterocycles. The molecule has 0 fully saturated rings. The monoisotopic (exact) mass is 338 g/mol. The first-order valence-corrected chi connectivity index (χ1v) is 8.02. The van der Waals surface area contributed by atoms with Gasteiger partial charge in [-0.3, -0.25) is 4.99 Å². The van der Waals surface area contributed by atoms with Crippen LogP contribution in [0.25, 0.3) is 11.3 Å². The summed E-state index contributed by atoms with van der Waals surface area (Å²) in [7, 11) is 0. The molecule has 100 valence electrons. The Bertz CT molecular complexity index is 540. The first-order chi connectivity index (χ1) is 9.31. The van der Waals surface area contributed by atoms with E-state index >= 15 is 0 Å². The second-order valence-electron chi connectivity index (χ2n) is 3.83. The van der Waals surface area contributed by atoms with Gasteiger partial charge in [0.15, 0.2) is 0 Å². The van der Waals surface area contributed by atoms with Crippen molar-refractivity contribution in [3.05, 3.63) is 35.2 Å². The Morgan fingerprint density at radius 1 is 1.53 bits per heavy atom. The van der Waals surface area contributed by atoms with Crippen LogP contribution in [0.4, 0.5) is 5.69 Å². The van der Waals surface area contributed by atoms with Gasteiger partial charge in [0.2, 0.25) is 0 Å². The van der Waals surface area contributed by atoms with Crippen molar-refractivity contribution in [3.8, 4) is 11.3 Å². The third-order valence-corrected chi connectivity index (χ3v) is 3.76. The fourth-order valence-corrected chi connectivity index (χ4v) is 2.32. The smallest absolute Gasteiger partial charge is 0.0924 e. The number of rotatable bonds is 6. The molecule has 0 saturated heterocycles. The van der Waals surface area contributed by atoms with Crippen molar-refractivity contribution in [1.29, 1.82) is 0 Å². The summed E-state index contributed by atoms with van der Waals surface area (Å²) in [6, 6.07) is 6.10. The molecule has 0 atom stereocenters. The summed E-state index contributed by atoms with van der Waals surface area (Å²) in [5, 5.41) is 3.17. The van der Waals surface area contributed by atoms with Crippen molar-refractivity contribution in [1.82, 2.24) is 9.97 Å². The number of hydrogen-bond acceptors (Lipinski definition) is 3. The average molecular weight is 339 g/mol. The molecule has 0 amide bonds. The lowest BCUT2D eigenvalue weighted by Crippen LogP contribution is -1.97. The molecule has 0 radical (unpaired) electrons. The average Bonchev–Trinajstić information content (AvgIpc) is 2.94. The van der Waals surface area contributed by atoms with Crippen LogP contribution < -0.4 is 5.32 Å². The van der Waals surface area contributed by atoms with E-state index in [-0.39, 0.29) is 0 Å². The molecule has 0 aliphatic carbocycles. The predicted octanol–water partition coefficient (Wildman–Crippen LogP) is 3.64. The third kappa shape index (κ3) is 4.11. The summed E-state index contributed by atoms with van der Waals surface area (Å²) in [6.45, 7) is 0.831. The minimum absolute atomic E-state index is 0.831. The molecule has 4 nitrogen and oxygen atoms in total. The summed E-state index contributed by atoms with van der Waals surface area (Å²) in [5.41, 5.74) is 3.09. The number of aliphatic imine (C=N–C) groups is 1. The van der Waals surface area contributed by atoms with Crippen molar-refractivity contribution in [2.24, 2.45) is 4.99 Å². The number of nitrogens with zero attached hydrogens (tertiary/aromatic N) is 2. The van der Waals surface area contributed by atoms with Crippen LogP contribution in [0.3, 0.4) is 0 Å². The van der Waals surface area contributed by atoms with Crippen molar-refractivity contribution in [2.75, 3.05) is 23.9 Å². The van der Waals surface area contributed by atoms with Crippen molar-refractivity contribution in [2.45, 2.75) is 0 Å². The fourth-order valence-electron chi connectivity index (χ4n) is 1.54. The standard InChI is InChI=1S/C13H15BrN4S/c1-19-5-4-15-8-17-12-3-2-10(6-11(12)14)13-7-16-9-18-13/h2-3,6-9H,4-5H2,1H3,(H,15,17)(H,16,18). The molecule has 2 rings (SSSR count). The molecule has 1 aromatic carbocycles. The molecule has 0 spiro atoms. The Labute approximate surface area is 125 Å². The summed E-state index contributed by atoms with van der Waals surface area (Å²) < 4.78 is 0.996. The normalized spacial score (nSPS) is 11.1. The second kappa shape index (κ2) is 7.35. The van der Waals surface area contributed by atoms with E-state index in [9.17, 15) is 0 Å². The lowest BCUT2D eigenvalue weighted by atomic mass is 10.1. The van der Waals surface area contributed by atoms with Crippen LogP contribution in [-0.4, -0.2) is 34.9 Å². The van der Waals surface area contributed by atoms with E-state index in [4.69, 9.17) is 0 Å². The number of aromatic nitrogens is 2. The molecule has 1 heterocycles. The molecule has 2 N–H and O–H groups in total. The predicted molar refractivity (Wildman–Crippen MR) is 87.1 cm³/mol. The number of benzene rings is 1. The van der Waals surface area contributed by atoms with Gasteiger partial charge in [0, 0.05) is 22.3 Å². The molecular weight excluding hydrogens is 324 g/mol. The SMILES string of the molecule is CSCCN=CNc1ccc(-c2cnc[nH]2)cc1Br. The van der Waals surface area contributed by atoms with Gasteiger partial charge in [0.25, 0.3) is 0 Å². The highest BCUT2D eigenvalue weighted by Gasteiger charge is 2.03.